The first-order valence-corrected chi connectivity index (χ1v) is 8.23. The largest absolute Gasteiger partial charge is 0.306 e. The summed E-state index contributed by atoms with van der Waals surface area (Å²) in [5.74, 6) is 1.09. The van der Waals surface area contributed by atoms with Crippen molar-refractivity contribution in [1.29, 1.82) is 0 Å². The maximum atomic E-state index is 10.8. The molecule has 1 aromatic carbocycles. The number of aryl methyl sites for hydroxylation is 1. The van der Waals surface area contributed by atoms with Crippen LogP contribution in [0.1, 0.15) is 35.4 Å². The van der Waals surface area contributed by atoms with Crippen LogP contribution in [-0.4, -0.2) is 21.1 Å². The molecule has 4 nitrogen and oxygen atoms in total. The maximum Gasteiger partial charge on any atom is 0.196 e. The van der Waals surface area contributed by atoms with E-state index in [1.807, 2.05) is 18.2 Å². The lowest BCUT2D eigenvalue weighted by atomic mass is 10.2. The Balaban J connectivity index is 1.88. The SMILES string of the molecule is O=Cc1ccc(Sc2nnc3n2CCCCC3)c(Br)c1. The highest BCUT2D eigenvalue weighted by Crippen LogP contribution is 2.34. The van der Waals surface area contributed by atoms with E-state index in [2.05, 4.69) is 30.7 Å². The number of aromatic nitrogens is 3. The van der Waals surface area contributed by atoms with Gasteiger partial charge in [0, 0.05) is 27.9 Å². The number of hydrogen-bond donors (Lipinski definition) is 0. The highest BCUT2D eigenvalue weighted by atomic mass is 79.9. The fourth-order valence-corrected chi connectivity index (χ4v) is 3.82. The predicted molar refractivity (Wildman–Crippen MR) is 81.2 cm³/mol. The van der Waals surface area contributed by atoms with Crippen molar-refractivity contribution in [2.45, 2.75) is 42.3 Å². The van der Waals surface area contributed by atoms with Gasteiger partial charge in [0.15, 0.2) is 5.16 Å². The van der Waals surface area contributed by atoms with Crippen molar-refractivity contribution in [2.75, 3.05) is 0 Å². The topological polar surface area (TPSA) is 47.8 Å². The van der Waals surface area contributed by atoms with Gasteiger partial charge < -0.3 is 4.57 Å². The molecule has 0 N–H and O–H groups in total. The Bertz CT molecular complexity index is 641. The summed E-state index contributed by atoms with van der Waals surface area (Å²) in [6.45, 7) is 0.995. The Kier molecular flexibility index (Phi) is 4.21. The smallest absolute Gasteiger partial charge is 0.196 e. The molecule has 3 rings (SSSR count). The van der Waals surface area contributed by atoms with Crippen LogP contribution in [0.3, 0.4) is 0 Å². The second-order valence-corrected chi connectivity index (χ2v) is 6.63. The van der Waals surface area contributed by atoms with Gasteiger partial charge in [0.25, 0.3) is 0 Å². The van der Waals surface area contributed by atoms with Crippen LogP contribution in [0.2, 0.25) is 0 Å². The second kappa shape index (κ2) is 6.10. The molecule has 0 saturated carbocycles. The average Bonchev–Trinajstić information content (AvgIpc) is 2.69. The van der Waals surface area contributed by atoms with Gasteiger partial charge in [-0.1, -0.05) is 12.5 Å². The summed E-state index contributed by atoms with van der Waals surface area (Å²) in [6.07, 6.45) is 5.50. The summed E-state index contributed by atoms with van der Waals surface area (Å²) in [6, 6.07) is 5.59. The molecule has 20 heavy (non-hydrogen) atoms. The molecular formula is C14H14BrN3OS. The molecule has 6 heteroatoms. The van der Waals surface area contributed by atoms with Gasteiger partial charge in [-0.25, -0.2) is 0 Å². The van der Waals surface area contributed by atoms with Crippen molar-refractivity contribution < 1.29 is 4.79 Å². The Hall–Kier alpha value is -1.14. The first-order valence-electron chi connectivity index (χ1n) is 6.62. The molecule has 2 aromatic rings. The fourth-order valence-electron chi connectivity index (χ4n) is 2.31. The molecule has 0 amide bonds. The fraction of sp³-hybridized carbons (Fsp3) is 0.357. The second-order valence-electron chi connectivity index (χ2n) is 4.77. The zero-order chi connectivity index (χ0) is 13.9. The molecule has 104 valence electrons. The minimum Gasteiger partial charge on any atom is -0.306 e. The van der Waals surface area contributed by atoms with Crippen molar-refractivity contribution in [3.8, 4) is 0 Å². The third-order valence-electron chi connectivity index (χ3n) is 3.37. The summed E-state index contributed by atoms with van der Waals surface area (Å²) < 4.78 is 3.13. The molecule has 0 bridgehead atoms. The maximum absolute atomic E-state index is 10.8. The van der Waals surface area contributed by atoms with Crippen molar-refractivity contribution >= 4 is 34.0 Å². The molecule has 0 unspecified atom stereocenters. The third kappa shape index (κ3) is 2.81. The van der Waals surface area contributed by atoms with E-state index < -0.39 is 0 Å². The van der Waals surface area contributed by atoms with Gasteiger partial charge in [0.2, 0.25) is 0 Å². The summed E-state index contributed by atoms with van der Waals surface area (Å²) in [5, 5.41) is 9.53. The van der Waals surface area contributed by atoms with Gasteiger partial charge in [0.05, 0.1) is 0 Å². The van der Waals surface area contributed by atoms with Crippen molar-refractivity contribution in [2.24, 2.45) is 0 Å². The van der Waals surface area contributed by atoms with Crippen LogP contribution >= 0.6 is 27.7 Å². The Morgan fingerprint density at radius 3 is 2.95 bits per heavy atom. The number of nitrogens with zero attached hydrogens (tertiary/aromatic N) is 3. The normalized spacial score (nSPS) is 14.7. The van der Waals surface area contributed by atoms with E-state index in [0.717, 1.165) is 39.6 Å². The van der Waals surface area contributed by atoms with Crippen LogP contribution < -0.4 is 0 Å². The van der Waals surface area contributed by atoms with Crippen LogP contribution in [-0.2, 0) is 13.0 Å². The van der Waals surface area contributed by atoms with E-state index in [1.54, 1.807) is 11.8 Å². The summed E-state index contributed by atoms with van der Waals surface area (Å²) in [7, 11) is 0. The molecule has 1 aromatic heterocycles. The van der Waals surface area contributed by atoms with E-state index in [-0.39, 0.29) is 0 Å². The minimum absolute atomic E-state index is 0.668. The molecule has 0 fully saturated rings. The Labute approximate surface area is 130 Å². The van der Waals surface area contributed by atoms with Gasteiger partial charge in [-0.2, -0.15) is 0 Å². The average molecular weight is 352 g/mol. The van der Waals surface area contributed by atoms with Crippen LogP contribution in [0.15, 0.2) is 32.7 Å². The van der Waals surface area contributed by atoms with Crippen molar-refractivity contribution in [3.05, 3.63) is 34.1 Å². The van der Waals surface area contributed by atoms with Crippen molar-refractivity contribution in [3.63, 3.8) is 0 Å². The van der Waals surface area contributed by atoms with Crippen LogP contribution in [0, 0.1) is 0 Å². The molecule has 0 saturated heterocycles. The lowest BCUT2D eigenvalue weighted by Gasteiger charge is -2.07. The lowest BCUT2D eigenvalue weighted by molar-refractivity contribution is 0.112. The first kappa shape index (κ1) is 13.8. The number of halogens is 1. The van der Waals surface area contributed by atoms with Crippen molar-refractivity contribution in [1.82, 2.24) is 14.8 Å². The number of rotatable bonds is 3. The van der Waals surface area contributed by atoms with Crippen LogP contribution in [0.4, 0.5) is 0 Å². The number of fused-ring (bicyclic) bond motifs is 1. The van der Waals surface area contributed by atoms with Gasteiger partial charge >= 0.3 is 0 Å². The van der Waals surface area contributed by atoms with E-state index in [1.165, 1.54) is 19.3 Å². The van der Waals surface area contributed by atoms with E-state index in [9.17, 15) is 4.79 Å². The van der Waals surface area contributed by atoms with E-state index in [4.69, 9.17) is 0 Å². The number of benzene rings is 1. The quantitative estimate of drug-likeness (QED) is 0.790. The first-order chi connectivity index (χ1) is 9.78. The molecule has 1 aliphatic heterocycles. The van der Waals surface area contributed by atoms with Gasteiger partial charge in [0.1, 0.15) is 12.1 Å². The number of carbonyl (C=O) groups is 1. The molecule has 0 aliphatic carbocycles. The zero-order valence-corrected chi connectivity index (χ0v) is 13.3. The minimum atomic E-state index is 0.668. The molecule has 0 spiro atoms. The third-order valence-corrected chi connectivity index (χ3v) is 5.35. The highest BCUT2D eigenvalue weighted by Gasteiger charge is 2.16. The van der Waals surface area contributed by atoms with Crippen LogP contribution in [0.25, 0.3) is 0 Å². The van der Waals surface area contributed by atoms with E-state index in [0.29, 0.717) is 5.56 Å². The van der Waals surface area contributed by atoms with Crippen LogP contribution in [0.5, 0.6) is 0 Å². The standard InChI is InChI=1S/C14H14BrN3OS/c15-11-8-10(9-19)5-6-12(11)20-14-17-16-13-4-2-1-3-7-18(13)14/h5-6,8-9H,1-4,7H2. The summed E-state index contributed by atoms with van der Waals surface area (Å²) >= 11 is 5.10. The Morgan fingerprint density at radius 2 is 2.15 bits per heavy atom. The molecule has 1 aliphatic rings. The lowest BCUT2D eigenvalue weighted by Crippen LogP contribution is -2.02. The summed E-state index contributed by atoms with van der Waals surface area (Å²) in [4.78, 5) is 11.8. The molecule has 0 radical (unpaired) electrons. The van der Waals surface area contributed by atoms with Gasteiger partial charge in [-0.15, -0.1) is 10.2 Å². The Morgan fingerprint density at radius 1 is 1.25 bits per heavy atom. The molecule has 0 atom stereocenters. The molecular weight excluding hydrogens is 338 g/mol. The monoisotopic (exact) mass is 351 g/mol. The number of hydrogen-bond acceptors (Lipinski definition) is 4. The molecule has 2 heterocycles. The predicted octanol–water partition coefficient (Wildman–Crippen LogP) is 3.73. The van der Waals surface area contributed by atoms with E-state index >= 15 is 0 Å². The van der Waals surface area contributed by atoms with Gasteiger partial charge in [-0.05, 0) is 52.7 Å². The highest BCUT2D eigenvalue weighted by molar-refractivity contribution is 9.10. The zero-order valence-electron chi connectivity index (χ0n) is 10.9. The number of aldehydes is 1. The summed E-state index contributed by atoms with van der Waals surface area (Å²) in [5.41, 5.74) is 0.668. The van der Waals surface area contributed by atoms with Gasteiger partial charge in [-0.3, -0.25) is 4.79 Å². The number of carbonyl (C=O) groups excluding carboxylic acids is 1.